The molecule has 0 aliphatic carbocycles. The van der Waals surface area contributed by atoms with Crippen LogP contribution >= 0.6 is 34.5 Å². The van der Waals surface area contributed by atoms with Crippen molar-refractivity contribution >= 4 is 74.3 Å². The quantitative estimate of drug-likeness (QED) is 0.438. The molecule has 0 aliphatic rings. The molecule has 162 valence electrons. The summed E-state index contributed by atoms with van der Waals surface area (Å²) >= 11 is 13.5. The van der Waals surface area contributed by atoms with Crippen LogP contribution in [0.5, 0.6) is 0 Å². The number of amides is 3. The molecule has 0 aliphatic heterocycles. The highest BCUT2D eigenvalue weighted by Crippen LogP contribution is 2.32. The first-order valence-corrected chi connectivity index (χ1v) is 10.8. The van der Waals surface area contributed by atoms with Crippen LogP contribution < -0.4 is 16.0 Å². The lowest BCUT2D eigenvalue weighted by Crippen LogP contribution is -2.30. The summed E-state index contributed by atoms with van der Waals surface area (Å²) in [7, 11) is 3.88. The normalized spacial score (nSPS) is 11.3. The summed E-state index contributed by atoms with van der Waals surface area (Å²) in [4.78, 5) is 35.5. The number of rotatable bonds is 7. The van der Waals surface area contributed by atoms with Crippen LogP contribution in [0.25, 0.3) is 16.3 Å². The van der Waals surface area contributed by atoms with Gasteiger partial charge in [-0.15, -0.1) is 11.3 Å². The second-order valence-corrected chi connectivity index (χ2v) is 8.59. The van der Waals surface area contributed by atoms with Crippen molar-refractivity contribution in [3.8, 4) is 0 Å². The van der Waals surface area contributed by atoms with Gasteiger partial charge in [0.05, 0.1) is 25.9 Å². The molecule has 0 atom stereocenters. The van der Waals surface area contributed by atoms with Crippen LogP contribution in [-0.2, 0) is 4.79 Å². The van der Waals surface area contributed by atoms with Crippen LogP contribution in [0, 0.1) is 0 Å². The van der Waals surface area contributed by atoms with Crippen LogP contribution in [0.4, 0.5) is 16.3 Å². The SMILES string of the molecule is CN(C)CCNC(=O)/C=C/c1cc2ncnc(NC(=O)Nc3c(Cl)cccc3Cl)c2s1. The van der Waals surface area contributed by atoms with Crippen LogP contribution in [-0.4, -0.2) is 54.0 Å². The van der Waals surface area contributed by atoms with Gasteiger partial charge in [0, 0.05) is 24.0 Å². The minimum atomic E-state index is -0.541. The van der Waals surface area contributed by atoms with Crippen LogP contribution in [0.3, 0.4) is 0 Å². The molecular formula is C20H20Cl2N6O2S. The summed E-state index contributed by atoms with van der Waals surface area (Å²) in [6.07, 6.45) is 4.52. The van der Waals surface area contributed by atoms with Gasteiger partial charge in [-0.2, -0.15) is 0 Å². The lowest BCUT2D eigenvalue weighted by molar-refractivity contribution is -0.116. The number of halogens is 2. The summed E-state index contributed by atoms with van der Waals surface area (Å²) in [5, 5.41) is 8.77. The standard InChI is InChI=1S/C20H20Cl2N6O2S/c1-28(2)9-8-23-16(29)7-6-12-10-15-18(31-12)19(25-11-24-15)27-20(30)26-17-13(21)4-3-5-14(17)22/h3-7,10-11H,8-9H2,1-2H3,(H,23,29)(H2,24,25,26,27,30)/b7-6+. The van der Waals surface area contributed by atoms with E-state index >= 15 is 0 Å². The highest BCUT2D eigenvalue weighted by Gasteiger charge is 2.13. The van der Waals surface area contributed by atoms with Gasteiger partial charge in [0.15, 0.2) is 5.82 Å². The first-order chi connectivity index (χ1) is 14.8. The largest absolute Gasteiger partial charge is 0.351 e. The molecule has 0 fully saturated rings. The molecule has 0 saturated carbocycles. The Hall–Kier alpha value is -2.72. The molecule has 2 heterocycles. The molecular weight excluding hydrogens is 459 g/mol. The van der Waals surface area contributed by atoms with Crippen molar-refractivity contribution in [2.75, 3.05) is 37.8 Å². The van der Waals surface area contributed by atoms with Crippen LogP contribution in [0.1, 0.15) is 4.88 Å². The van der Waals surface area contributed by atoms with Crippen molar-refractivity contribution in [3.05, 3.63) is 51.6 Å². The number of carbonyl (C=O) groups excluding carboxylic acids is 2. The molecule has 2 aromatic heterocycles. The Morgan fingerprint density at radius 3 is 2.61 bits per heavy atom. The number of hydrogen-bond acceptors (Lipinski definition) is 6. The number of anilines is 2. The van der Waals surface area contributed by atoms with Crippen molar-refractivity contribution in [2.45, 2.75) is 0 Å². The summed E-state index contributed by atoms with van der Waals surface area (Å²) in [6.45, 7) is 1.32. The van der Waals surface area contributed by atoms with Crippen LogP contribution in [0.2, 0.25) is 10.0 Å². The Balaban J connectivity index is 1.70. The highest BCUT2D eigenvalue weighted by molar-refractivity contribution is 7.20. The minimum Gasteiger partial charge on any atom is -0.351 e. The third-order valence-corrected chi connectivity index (χ3v) is 5.75. The third-order valence-electron chi connectivity index (χ3n) is 4.02. The molecule has 0 radical (unpaired) electrons. The molecule has 3 amide bonds. The van der Waals surface area contributed by atoms with Crippen LogP contribution in [0.15, 0.2) is 36.7 Å². The van der Waals surface area contributed by atoms with E-state index in [0.717, 1.165) is 11.4 Å². The van der Waals surface area contributed by atoms with Gasteiger partial charge in [0.1, 0.15) is 6.33 Å². The molecule has 0 saturated heterocycles. The fourth-order valence-electron chi connectivity index (χ4n) is 2.53. The lowest BCUT2D eigenvalue weighted by atomic mass is 10.3. The molecule has 31 heavy (non-hydrogen) atoms. The number of carbonyl (C=O) groups is 2. The Morgan fingerprint density at radius 1 is 1.16 bits per heavy atom. The van der Waals surface area contributed by atoms with Crippen molar-refractivity contribution in [3.63, 3.8) is 0 Å². The highest BCUT2D eigenvalue weighted by atomic mass is 35.5. The van der Waals surface area contributed by atoms with Gasteiger partial charge in [-0.05, 0) is 38.4 Å². The molecule has 0 bridgehead atoms. The predicted molar refractivity (Wildman–Crippen MR) is 127 cm³/mol. The summed E-state index contributed by atoms with van der Waals surface area (Å²) in [5.74, 6) is 0.158. The van der Waals surface area contributed by atoms with Crippen molar-refractivity contribution in [1.29, 1.82) is 0 Å². The number of benzene rings is 1. The van der Waals surface area contributed by atoms with E-state index in [0.29, 0.717) is 38.3 Å². The van der Waals surface area contributed by atoms with E-state index in [-0.39, 0.29) is 5.91 Å². The fourth-order valence-corrected chi connectivity index (χ4v) is 3.98. The molecule has 0 spiro atoms. The smallest absolute Gasteiger partial charge is 0.324 e. The van der Waals surface area contributed by atoms with Gasteiger partial charge in [-0.25, -0.2) is 14.8 Å². The van der Waals surface area contributed by atoms with Gasteiger partial charge in [-0.1, -0.05) is 29.3 Å². The molecule has 3 N–H and O–H groups in total. The zero-order valence-corrected chi connectivity index (χ0v) is 19.1. The van der Waals surface area contributed by atoms with E-state index in [1.165, 1.54) is 23.7 Å². The number of para-hydroxylation sites is 1. The Morgan fingerprint density at radius 2 is 1.90 bits per heavy atom. The average molecular weight is 479 g/mol. The second-order valence-electron chi connectivity index (χ2n) is 6.69. The van der Waals surface area contributed by atoms with E-state index in [9.17, 15) is 9.59 Å². The maximum Gasteiger partial charge on any atom is 0.324 e. The predicted octanol–water partition coefficient (Wildman–Crippen LogP) is 4.33. The maximum atomic E-state index is 12.4. The molecule has 11 heteroatoms. The van der Waals surface area contributed by atoms with E-state index in [1.54, 1.807) is 24.3 Å². The van der Waals surface area contributed by atoms with E-state index in [2.05, 4.69) is 25.9 Å². The Kier molecular flexibility index (Phi) is 7.80. The number of urea groups is 1. The van der Waals surface area contributed by atoms with E-state index < -0.39 is 6.03 Å². The van der Waals surface area contributed by atoms with Gasteiger partial charge < -0.3 is 15.5 Å². The number of nitrogens with one attached hydrogen (secondary N) is 3. The number of likely N-dealkylation sites (N-methyl/N-ethyl adjacent to an activating group) is 1. The summed E-state index contributed by atoms with van der Waals surface area (Å²) in [5.41, 5.74) is 0.961. The van der Waals surface area contributed by atoms with Crippen molar-refractivity contribution in [2.24, 2.45) is 0 Å². The molecule has 3 rings (SSSR count). The first kappa shape index (κ1) is 23.0. The molecule has 8 nitrogen and oxygen atoms in total. The van der Waals surface area contributed by atoms with Gasteiger partial charge in [-0.3, -0.25) is 10.1 Å². The topological polar surface area (TPSA) is 99.2 Å². The third kappa shape index (κ3) is 6.38. The molecule has 0 unspecified atom stereocenters. The number of aromatic nitrogens is 2. The second kappa shape index (κ2) is 10.5. The summed E-state index contributed by atoms with van der Waals surface area (Å²) in [6, 6.07) is 6.21. The van der Waals surface area contributed by atoms with Crippen molar-refractivity contribution in [1.82, 2.24) is 20.2 Å². The molecule has 1 aromatic carbocycles. The summed E-state index contributed by atoms with van der Waals surface area (Å²) < 4.78 is 0.676. The number of fused-ring (bicyclic) bond motifs is 1. The van der Waals surface area contributed by atoms with Gasteiger partial charge in [0.2, 0.25) is 5.91 Å². The maximum absolute atomic E-state index is 12.4. The monoisotopic (exact) mass is 478 g/mol. The fraction of sp³-hybridized carbons (Fsp3) is 0.200. The minimum absolute atomic E-state index is 0.181. The Bertz CT molecular complexity index is 1110. The zero-order valence-electron chi connectivity index (χ0n) is 16.8. The van der Waals surface area contributed by atoms with E-state index in [4.69, 9.17) is 23.2 Å². The van der Waals surface area contributed by atoms with E-state index in [1.807, 2.05) is 25.1 Å². The number of nitrogens with zero attached hydrogens (tertiary/aromatic N) is 3. The van der Waals surface area contributed by atoms with Gasteiger partial charge >= 0.3 is 6.03 Å². The van der Waals surface area contributed by atoms with Crippen molar-refractivity contribution < 1.29 is 9.59 Å². The first-order valence-electron chi connectivity index (χ1n) is 9.20. The number of thiophene rings is 1. The number of hydrogen-bond donors (Lipinski definition) is 3. The zero-order chi connectivity index (χ0) is 22.4. The average Bonchev–Trinajstić information content (AvgIpc) is 3.13. The Labute approximate surface area is 193 Å². The lowest BCUT2D eigenvalue weighted by Gasteiger charge is -2.10. The molecule has 3 aromatic rings. The van der Waals surface area contributed by atoms with Gasteiger partial charge in [0.25, 0.3) is 0 Å².